The van der Waals surface area contributed by atoms with E-state index >= 15 is 0 Å². The van der Waals surface area contributed by atoms with Crippen molar-refractivity contribution in [1.82, 2.24) is 0 Å². The predicted octanol–water partition coefficient (Wildman–Crippen LogP) is 2.27. The smallest absolute Gasteiger partial charge is 0.119 e. The van der Waals surface area contributed by atoms with Gasteiger partial charge in [-0.05, 0) is 36.5 Å². The van der Waals surface area contributed by atoms with Gasteiger partial charge < -0.3 is 14.6 Å². The summed E-state index contributed by atoms with van der Waals surface area (Å²) in [6.07, 6.45) is 1.20. The van der Waals surface area contributed by atoms with Crippen LogP contribution in [0.25, 0.3) is 0 Å². The summed E-state index contributed by atoms with van der Waals surface area (Å²) in [6.45, 7) is 2.74. The van der Waals surface area contributed by atoms with Gasteiger partial charge in [-0.3, -0.25) is 0 Å². The second kappa shape index (κ2) is 7.30. The van der Waals surface area contributed by atoms with E-state index in [1.165, 1.54) is 0 Å². The van der Waals surface area contributed by atoms with E-state index in [2.05, 4.69) is 0 Å². The van der Waals surface area contributed by atoms with E-state index in [9.17, 15) is 5.11 Å². The van der Waals surface area contributed by atoms with Crippen molar-refractivity contribution >= 4 is 0 Å². The number of rotatable bonds is 7. The molecule has 0 fully saturated rings. The van der Waals surface area contributed by atoms with Crippen LogP contribution in [0.15, 0.2) is 24.3 Å². The quantitative estimate of drug-likeness (QED) is 0.792. The van der Waals surface area contributed by atoms with Crippen molar-refractivity contribution in [3.63, 3.8) is 0 Å². The number of aliphatic hydroxyl groups is 1. The Kier molecular flexibility index (Phi) is 6.01. The second-order valence-electron chi connectivity index (χ2n) is 4.38. The first-order valence-electron chi connectivity index (χ1n) is 5.97. The van der Waals surface area contributed by atoms with Crippen LogP contribution in [0, 0.1) is 5.92 Å². The Labute approximate surface area is 103 Å². The van der Waals surface area contributed by atoms with E-state index in [4.69, 9.17) is 9.47 Å². The van der Waals surface area contributed by atoms with Crippen LogP contribution in [0.5, 0.6) is 5.75 Å². The highest BCUT2D eigenvalue weighted by atomic mass is 16.5. The molecule has 0 saturated carbocycles. The third-order valence-electron chi connectivity index (χ3n) is 3.01. The van der Waals surface area contributed by atoms with E-state index in [1.807, 2.05) is 31.2 Å². The highest BCUT2D eigenvalue weighted by Crippen LogP contribution is 2.17. The molecule has 0 aliphatic heterocycles. The SMILES string of the molecule is COCCC(C)C(O)Cc1cccc(OC)c1. The maximum absolute atomic E-state index is 10.1. The van der Waals surface area contributed by atoms with Crippen LogP contribution in [0.4, 0.5) is 0 Å². The average Bonchev–Trinajstić information content (AvgIpc) is 2.36. The lowest BCUT2D eigenvalue weighted by atomic mass is 9.95. The molecule has 1 aromatic carbocycles. The Morgan fingerprint density at radius 3 is 2.71 bits per heavy atom. The first-order valence-corrected chi connectivity index (χ1v) is 5.97. The van der Waals surface area contributed by atoms with Crippen LogP contribution in [-0.2, 0) is 11.2 Å². The maximum Gasteiger partial charge on any atom is 0.119 e. The molecule has 2 atom stereocenters. The fourth-order valence-corrected chi connectivity index (χ4v) is 1.74. The first kappa shape index (κ1) is 14.0. The molecule has 0 aliphatic carbocycles. The summed E-state index contributed by atoms with van der Waals surface area (Å²) in [6, 6.07) is 7.83. The molecule has 0 aromatic heterocycles. The molecule has 3 nitrogen and oxygen atoms in total. The van der Waals surface area contributed by atoms with Crippen LogP contribution in [0.3, 0.4) is 0 Å². The molecule has 0 spiro atoms. The summed E-state index contributed by atoms with van der Waals surface area (Å²) in [5.41, 5.74) is 1.10. The van der Waals surface area contributed by atoms with Crippen LogP contribution < -0.4 is 4.74 Å². The van der Waals surface area contributed by atoms with Crippen LogP contribution in [-0.4, -0.2) is 32.0 Å². The lowest BCUT2D eigenvalue weighted by molar-refractivity contribution is 0.0887. The van der Waals surface area contributed by atoms with Crippen molar-refractivity contribution in [2.45, 2.75) is 25.9 Å². The topological polar surface area (TPSA) is 38.7 Å². The van der Waals surface area contributed by atoms with Crippen molar-refractivity contribution in [2.75, 3.05) is 20.8 Å². The van der Waals surface area contributed by atoms with Gasteiger partial charge in [-0.25, -0.2) is 0 Å². The molecule has 2 unspecified atom stereocenters. The molecule has 0 aliphatic rings. The summed E-state index contributed by atoms with van der Waals surface area (Å²) >= 11 is 0. The molecule has 0 heterocycles. The van der Waals surface area contributed by atoms with Gasteiger partial charge in [0.25, 0.3) is 0 Å². The van der Waals surface area contributed by atoms with E-state index in [-0.39, 0.29) is 12.0 Å². The van der Waals surface area contributed by atoms with E-state index in [0.29, 0.717) is 13.0 Å². The van der Waals surface area contributed by atoms with Gasteiger partial charge in [0.1, 0.15) is 5.75 Å². The molecular weight excluding hydrogens is 216 g/mol. The zero-order chi connectivity index (χ0) is 12.7. The van der Waals surface area contributed by atoms with Gasteiger partial charge in [0, 0.05) is 13.7 Å². The molecule has 1 rings (SSSR count). The molecule has 0 radical (unpaired) electrons. The number of hydrogen-bond donors (Lipinski definition) is 1. The fraction of sp³-hybridized carbons (Fsp3) is 0.571. The maximum atomic E-state index is 10.1. The molecule has 1 N–H and O–H groups in total. The largest absolute Gasteiger partial charge is 0.497 e. The zero-order valence-corrected chi connectivity index (χ0v) is 10.8. The Morgan fingerprint density at radius 2 is 2.06 bits per heavy atom. The normalized spacial score (nSPS) is 14.4. The number of aliphatic hydroxyl groups excluding tert-OH is 1. The van der Waals surface area contributed by atoms with Gasteiger partial charge in [0.15, 0.2) is 0 Å². The Bertz CT molecular complexity index is 325. The van der Waals surface area contributed by atoms with Crippen molar-refractivity contribution in [1.29, 1.82) is 0 Å². The average molecular weight is 238 g/mol. The highest BCUT2D eigenvalue weighted by Gasteiger charge is 2.14. The molecule has 96 valence electrons. The number of benzene rings is 1. The van der Waals surface area contributed by atoms with Gasteiger partial charge in [-0.1, -0.05) is 19.1 Å². The minimum atomic E-state index is -0.336. The lowest BCUT2D eigenvalue weighted by Gasteiger charge is -2.18. The summed E-state index contributed by atoms with van der Waals surface area (Å²) < 4.78 is 10.2. The highest BCUT2D eigenvalue weighted by molar-refractivity contribution is 5.28. The van der Waals surface area contributed by atoms with Crippen molar-refractivity contribution in [3.05, 3.63) is 29.8 Å². The van der Waals surface area contributed by atoms with Crippen LogP contribution >= 0.6 is 0 Å². The lowest BCUT2D eigenvalue weighted by Crippen LogP contribution is -2.21. The summed E-state index contributed by atoms with van der Waals surface area (Å²) in [5, 5.41) is 10.1. The predicted molar refractivity (Wildman–Crippen MR) is 68.4 cm³/mol. The first-order chi connectivity index (χ1) is 8.17. The Hall–Kier alpha value is -1.06. The fourth-order valence-electron chi connectivity index (χ4n) is 1.74. The second-order valence-corrected chi connectivity index (χ2v) is 4.38. The third-order valence-corrected chi connectivity index (χ3v) is 3.01. The molecule has 0 amide bonds. The molecule has 0 saturated heterocycles. The van der Waals surface area contributed by atoms with E-state index in [0.717, 1.165) is 17.7 Å². The van der Waals surface area contributed by atoms with E-state index < -0.39 is 0 Å². The van der Waals surface area contributed by atoms with Gasteiger partial charge in [0.2, 0.25) is 0 Å². The van der Waals surface area contributed by atoms with Gasteiger partial charge in [-0.2, -0.15) is 0 Å². The van der Waals surface area contributed by atoms with Crippen LogP contribution in [0.1, 0.15) is 18.9 Å². The van der Waals surface area contributed by atoms with E-state index in [1.54, 1.807) is 14.2 Å². The van der Waals surface area contributed by atoms with Gasteiger partial charge in [0.05, 0.1) is 13.2 Å². The van der Waals surface area contributed by atoms with Crippen LogP contribution in [0.2, 0.25) is 0 Å². The standard InChI is InChI=1S/C14H22O3/c1-11(7-8-16-2)14(15)10-12-5-4-6-13(9-12)17-3/h4-6,9,11,14-15H,7-8,10H2,1-3H3. The minimum Gasteiger partial charge on any atom is -0.497 e. The number of methoxy groups -OCH3 is 2. The summed E-state index contributed by atoms with van der Waals surface area (Å²) in [4.78, 5) is 0. The van der Waals surface area contributed by atoms with Crippen molar-refractivity contribution < 1.29 is 14.6 Å². The molecule has 1 aromatic rings. The summed E-state index contributed by atoms with van der Waals surface area (Å²) in [5.74, 6) is 1.07. The Morgan fingerprint density at radius 1 is 1.29 bits per heavy atom. The van der Waals surface area contributed by atoms with Gasteiger partial charge >= 0.3 is 0 Å². The molecule has 17 heavy (non-hydrogen) atoms. The van der Waals surface area contributed by atoms with Crippen molar-refractivity contribution in [2.24, 2.45) is 5.92 Å². The number of hydrogen-bond acceptors (Lipinski definition) is 3. The molecule has 0 bridgehead atoms. The summed E-state index contributed by atoms with van der Waals surface area (Å²) in [7, 11) is 3.33. The van der Waals surface area contributed by atoms with Gasteiger partial charge in [-0.15, -0.1) is 0 Å². The monoisotopic (exact) mass is 238 g/mol. The zero-order valence-electron chi connectivity index (χ0n) is 10.8. The Balaban J connectivity index is 2.51. The third kappa shape index (κ3) is 4.75. The molecular formula is C14H22O3. The number of ether oxygens (including phenoxy) is 2. The minimum absolute atomic E-state index is 0.237. The molecule has 3 heteroatoms. The van der Waals surface area contributed by atoms with Crippen molar-refractivity contribution in [3.8, 4) is 5.75 Å².